The molecular weight excluding hydrogens is 148 g/mol. The summed E-state index contributed by atoms with van der Waals surface area (Å²) < 4.78 is 0. The Morgan fingerprint density at radius 1 is 1.50 bits per heavy atom. The first kappa shape index (κ1) is 9.75. The largest absolute Gasteiger partial charge is 0.323 e. The van der Waals surface area contributed by atoms with Gasteiger partial charge in [-0.1, -0.05) is 25.5 Å². The summed E-state index contributed by atoms with van der Waals surface area (Å²) in [7, 11) is 0. The minimum Gasteiger partial charge on any atom is -0.323 e. The van der Waals surface area contributed by atoms with Crippen molar-refractivity contribution < 1.29 is 0 Å². The van der Waals surface area contributed by atoms with E-state index in [1.54, 1.807) is 0 Å². The summed E-state index contributed by atoms with van der Waals surface area (Å²) in [6.07, 6.45) is 3.41. The number of nitrogens with zero attached hydrogens (tertiary/aromatic N) is 1. The summed E-state index contributed by atoms with van der Waals surface area (Å²) in [6, 6.07) is 0.824. The zero-order valence-electron chi connectivity index (χ0n) is 8.38. The minimum atomic E-state index is 0.268. The maximum absolute atomic E-state index is 6.06. The fourth-order valence-electron chi connectivity index (χ4n) is 1.96. The predicted molar refractivity (Wildman–Crippen MR) is 53.1 cm³/mol. The Bertz CT molecular complexity index is 171. The molecular formula is C10H20N2. The fraction of sp³-hybridized carbons (Fsp3) is 0.800. The molecule has 0 fully saturated rings. The zero-order chi connectivity index (χ0) is 9.14. The second-order valence-electron chi connectivity index (χ2n) is 3.50. The quantitative estimate of drug-likeness (QED) is 0.645. The molecule has 2 N–H and O–H groups in total. The van der Waals surface area contributed by atoms with Gasteiger partial charge in [0.2, 0.25) is 0 Å². The summed E-state index contributed by atoms with van der Waals surface area (Å²) in [6.45, 7) is 8.74. The lowest BCUT2D eigenvalue weighted by Gasteiger charge is -2.30. The molecule has 2 nitrogen and oxygen atoms in total. The molecule has 12 heavy (non-hydrogen) atoms. The van der Waals surface area contributed by atoms with E-state index < -0.39 is 0 Å². The highest BCUT2D eigenvalue weighted by atomic mass is 15.2. The smallest absolute Gasteiger partial charge is 0.0412 e. The topological polar surface area (TPSA) is 29.3 Å². The molecule has 2 unspecified atom stereocenters. The highest BCUT2D eigenvalue weighted by Gasteiger charge is 2.27. The van der Waals surface area contributed by atoms with Gasteiger partial charge in [0.05, 0.1) is 0 Å². The molecule has 1 aliphatic carbocycles. The standard InChI is InChI=1S/C10H20N2/c1-4-12(5-2)9-7-6-8(3)10(9)11/h6,9-10H,4-5,7,11H2,1-3H3. The van der Waals surface area contributed by atoms with Crippen molar-refractivity contribution in [3.05, 3.63) is 11.6 Å². The molecule has 0 amide bonds. The molecule has 0 saturated carbocycles. The van der Waals surface area contributed by atoms with Gasteiger partial charge >= 0.3 is 0 Å². The van der Waals surface area contributed by atoms with Crippen LogP contribution in [0.3, 0.4) is 0 Å². The van der Waals surface area contributed by atoms with Crippen molar-refractivity contribution in [2.45, 2.75) is 39.3 Å². The first-order valence-corrected chi connectivity index (χ1v) is 4.87. The van der Waals surface area contributed by atoms with Gasteiger partial charge in [0, 0.05) is 12.1 Å². The summed E-state index contributed by atoms with van der Waals surface area (Å²) in [4.78, 5) is 2.44. The van der Waals surface area contributed by atoms with Gasteiger partial charge in [-0.3, -0.25) is 4.90 Å². The number of likely N-dealkylation sites (N-methyl/N-ethyl adjacent to an activating group) is 1. The first-order chi connectivity index (χ1) is 5.70. The van der Waals surface area contributed by atoms with Gasteiger partial charge < -0.3 is 5.73 Å². The molecule has 2 heteroatoms. The molecule has 0 aromatic carbocycles. The van der Waals surface area contributed by atoms with E-state index in [1.807, 2.05) is 0 Å². The minimum absolute atomic E-state index is 0.268. The van der Waals surface area contributed by atoms with Crippen LogP contribution >= 0.6 is 0 Å². The van der Waals surface area contributed by atoms with E-state index in [0.717, 1.165) is 19.5 Å². The molecule has 70 valence electrons. The molecule has 0 radical (unpaired) electrons. The van der Waals surface area contributed by atoms with Crippen LogP contribution in [0.1, 0.15) is 27.2 Å². The normalized spacial score (nSPS) is 29.6. The molecule has 0 saturated heterocycles. The van der Waals surface area contributed by atoms with Gasteiger partial charge in [0.25, 0.3) is 0 Å². The van der Waals surface area contributed by atoms with Crippen LogP contribution < -0.4 is 5.73 Å². The van der Waals surface area contributed by atoms with Crippen molar-refractivity contribution >= 4 is 0 Å². The van der Waals surface area contributed by atoms with Gasteiger partial charge in [0.15, 0.2) is 0 Å². The summed E-state index contributed by atoms with van der Waals surface area (Å²) >= 11 is 0. The highest BCUT2D eigenvalue weighted by molar-refractivity contribution is 5.18. The van der Waals surface area contributed by atoms with Crippen molar-refractivity contribution in [1.29, 1.82) is 0 Å². The molecule has 0 aromatic rings. The van der Waals surface area contributed by atoms with Crippen LogP contribution in [0.15, 0.2) is 11.6 Å². The van der Waals surface area contributed by atoms with Crippen LogP contribution in [0.2, 0.25) is 0 Å². The summed E-state index contributed by atoms with van der Waals surface area (Å²) in [5.41, 5.74) is 7.42. The second kappa shape index (κ2) is 4.06. The van der Waals surface area contributed by atoms with Gasteiger partial charge in [-0.2, -0.15) is 0 Å². The molecule has 0 bridgehead atoms. The van der Waals surface area contributed by atoms with Crippen molar-refractivity contribution in [3.63, 3.8) is 0 Å². The maximum atomic E-state index is 6.06. The van der Waals surface area contributed by atoms with Crippen molar-refractivity contribution in [1.82, 2.24) is 4.90 Å². The molecule has 0 aromatic heterocycles. The van der Waals surface area contributed by atoms with E-state index in [0.29, 0.717) is 6.04 Å². The lowest BCUT2D eigenvalue weighted by atomic mass is 10.1. The van der Waals surface area contributed by atoms with Crippen molar-refractivity contribution in [2.75, 3.05) is 13.1 Å². The fourth-order valence-corrected chi connectivity index (χ4v) is 1.96. The van der Waals surface area contributed by atoms with E-state index in [4.69, 9.17) is 5.73 Å². The number of rotatable bonds is 3. The maximum Gasteiger partial charge on any atom is 0.0412 e. The number of nitrogens with two attached hydrogens (primary N) is 1. The van der Waals surface area contributed by atoms with Gasteiger partial charge in [-0.15, -0.1) is 0 Å². The number of hydrogen-bond acceptors (Lipinski definition) is 2. The highest BCUT2D eigenvalue weighted by Crippen LogP contribution is 2.21. The molecule has 1 rings (SSSR count). The number of hydrogen-bond donors (Lipinski definition) is 1. The third-order valence-corrected chi connectivity index (χ3v) is 2.90. The Hall–Kier alpha value is -0.340. The van der Waals surface area contributed by atoms with Crippen molar-refractivity contribution in [2.24, 2.45) is 5.73 Å². The Kier molecular flexibility index (Phi) is 3.29. The third-order valence-electron chi connectivity index (χ3n) is 2.90. The Labute approximate surface area is 75.4 Å². The average molecular weight is 168 g/mol. The Morgan fingerprint density at radius 2 is 2.08 bits per heavy atom. The predicted octanol–water partition coefficient (Wildman–Crippen LogP) is 1.37. The Morgan fingerprint density at radius 3 is 2.42 bits per heavy atom. The zero-order valence-corrected chi connectivity index (χ0v) is 8.38. The van der Waals surface area contributed by atoms with E-state index in [9.17, 15) is 0 Å². The van der Waals surface area contributed by atoms with Crippen LogP contribution in [0.25, 0.3) is 0 Å². The van der Waals surface area contributed by atoms with Gasteiger partial charge in [0.1, 0.15) is 0 Å². The summed E-state index contributed by atoms with van der Waals surface area (Å²) in [5, 5.41) is 0. The molecule has 0 spiro atoms. The first-order valence-electron chi connectivity index (χ1n) is 4.87. The lowest BCUT2D eigenvalue weighted by Crippen LogP contribution is -2.45. The molecule has 1 aliphatic rings. The molecule has 2 atom stereocenters. The SMILES string of the molecule is CCN(CC)C1CC=C(C)C1N. The summed E-state index contributed by atoms with van der Waals surface area (Å²) in [5.74, 6) is 0. The third kappa shape index (κ3) is 1.70. The van der Waals surface area contributed by atoms with Crippen LogP contribution in [0.5, 0.6) is 0 Å². The van der Waals surface area contributed by atoms with E-state index in [-0.39, 0.29) is 6.04 Å². The van der Waals surface area contributed by atoms with Crippen LogP contribution in [0.4, 0.5) is 0 Å². The van der Waals surface area contributed by atoms with E-state index >= 15 is 0 Å². The molecule has 0 aliphatic heterocycles. The van der Waals surface area contributed by atoms with Crippen molar-refractivity contribution in [3.8, 4) is 0 Å². The van der Waals surface area contributed by atoms with Gasteiger partial charge in [-0.05, 0) is 26.4 Å². The second-order valence-corrected chi connectivity index (χ2v) is 3.50. The lowest BCUT2D eigenvalue weighted by molar-refractivity contribution is 0.209. The van der Waals surface area contributed by atoms with Gasteiger partial charge in [-0.25, -0.2) is 0 Å². The monoisotopic (exact) mass is 168 g/mol. The van der Waals surface area contributed by atoms with Crippen LogP contribution in [-0.4, -0.2) is 30.1 Å². The van der Waals surface area contributed by atoms with E-state index in [1.165, 1.54) is 5.57 Å². The molecule has 0 heterocycles. The average Bonchev–Trinajstić information content (AvgIpc) is 2.38. The Balaban J connectivity index is 2.55. The van der Waals surface area contributed by atoms with Crippen LogP contribution in [-0.2, 0) is 0 Å². The van der Waals surface area contributed by atoms with Crippen LogP contribution in [0, 0.1) is 0 Å². The van der Waals surface area contributed by atoms with E-state index in [2.05, 4.69) is 31.7 Å².